The second-order valence-electron chi connectivity index (χ2n) is 9.70. The Bertz CT molecular complexity index is 1020. The number of hydrogen-bond acceptors (Lipinski definition) is 5. The molecule has 0 saturated carbocycles. The summed E-state index contributed by atoms with van der Waals surface area (Å²) in [7, 11) is 0. The highest BCUT2D eigenvalue weighted by Crippen LogP contribution is 2.29. The van der Waals surface area contributed by atoms with Crippen LogP contribution in [0.5, 0.6) is 0 Å². The standard InChI is InChI=1S/C24H31N5O/c1-24(2,3)21-8-9-22(30)29(27-21)16-17-10-12-28(13-11-17)23-19(15-25)14-18-6-4-5-7-20(18)26-23/h8-9,14,17H,4-7,10-13,16H2,1-3H3. The maximum absolute atomic E-state index is 12.3. The molecule has 4 rings (SSSR count). The lowest BCUT2D eigenvalue weighted by Gasteiger charge is -2.34. The summed E-state index contributed by atoms with van der Waals surface area (Å²) in [6.07, 6.45) is 6.36. The second kappa shape index (κ2) is 8.22. The van der Waals surface area contributed by atoms with Gasteiger partial charge in [-0.25, -0.2) is 9.67 Å². The third kappa shape index (κ3) is 4.26. The highest BCUT2D eigenvalue weighted by Gasteiger charge is 2.25. The Hall–Kier alpha value is -2.68. The molecule has 2 aliphatic rings. The van der Waals surface area contributed by atoms with Crippen LogP contribution in [0.2, 0.25) is 0 Å². The fourth-order valence-corrected chi connectivity index (χ4v) is 4.50. The van der Waals surface area contributed by atoms with Gasteiger partial charge in [0.1, 0.15) is 11.9 Å². The molecule has 1 fully saturated rings. The van der Waals surface area contributed by atoms with Gasteiger partial charge in [0.15, 0.2) is 0 Å². The number of anilines is 1. The number of nitrogens with zero attached hydrogens (tertiary/aromatic N) is 5. The van der Waals surface area contributed by atoms with Crippen LogP contribution < -0.4 is 10.5 Å². The van der Waals surface area contributed by atoms with E-state index in [0.29, 0.717) is 18.0 Å². The monoisotopic (exact) mass is 405 g/mol. The lowest BCUT2D eigenvalue weighted by Crippen LogP contribution is -2.38. The maximum Gasteiger partial charge on any atom is 0.266 e. The van der Waals surface area contributed by atoms with Crippen LogP contribution >= 0.6 is 0 Å². The van der Waals surface area contributed by atoms with Crippen molar-refractivity contribution in [3.05, 3.63) is 51.1 Å². The van der Waals surface area contributed by atoms with Crippen molar-refractivity contribution in [3.8, 4) is 6.07 Å². The first-order chi connectivity index (χ1) is 14.3. The molecule has 1 saturated heterocycles. The zero-order chi connectivity index (χ0) is 21.3. The number of hydrogen-bond donors (Lipinski definition) is 0. The average molecular weight is 406 g/mol. The largest absolute Gasteiger partial charge is 0.355 e. The average Bonchev–Trinajstić information content (AvgIpc) is 2.74. The Morgan fingerprint density at radius 3 is 2.60 bits per heavy atom. The molecule has 0 unspecified atom stereocenters. The maximum atomic E-state index is 12.3. The zero-order valence-electron chi connectivity index (χ0n) is 18.3. The topological polar surface area (TPSA) is 74.8 Å². The number of rotatable bonds is 3. The first-order valence-corrected chi connectivity index (χ1v) is 11.1. The van der Waals surface area contributed by atoms with E-state index in [1.54, 1.807) is 10.7 Å². The number of pyridine rings is 1. The number of piperidine rings is 1. The molecule has 0 atom stereocenters. The summed E-state index contributed by atoms with van der Waals surface area (Å²) in [5.74, 6) is 1.26. The van der Waals surface area contributed by atoms with Gasteiger partial charge in [0.25, 0.3) is 5.56 Å². The van der Waals surface area contributed by atoms with Crippen LogP contribution in [0.1, 0.15) is 69.0 Å². The smallest absolute Gasteiger partial charge is 0.266 e. The first kappa shape index (κ1) is 20.6. The highest BCUT2D eigenvalue weighted by molar-refractivity contribution is 5.56. The summed E-state index contributed by atoms with van der Waals surface area (Å²) in [4.78, 5) is 19.5. The normalized spacial score (nSPS) is 17.5. The summed E-state index contributed by atoms with van der Waals surface area (Å²) in [6.45, 7) is 8.71. The predicted molar refractivity (Wildman–Crippen MR) is 118 cm³/mol. The Kier molecular flexibility index (Phi) is 5.64. The molecule has 3 heterocycles. The molecule has 158 valence electrons. The third-order valence-electron chi connectivity index (χ3n) is 6.38. The molecule has 1 aliphatic heterocycles. The van der Waals surface area contributed by atoms with Gasteiger partial charge in [-0.3, -0.25) is 4.79 Å². The molecule has 1 aliphatic carbocycles. The van der Waals surface area contributed by atoms with E-state index in [4.69, 9.17) is 4.98 Å². The van der Waals surface area contributed by atoms with Crippen molar-refractivity contribution in [2.45, 2.75) is 71.3 Å². The quantitative estimate of drug-likeness (QED) is 0.780. The van der Waals surface area contributed by atoms with Crippen molar-refractivity contribution in [3.63, 3.8) is 0 Å². The van der Waals surface area contributed by atoms with Crippen LogP contribution in [0, 0.1) is 17.2 Å². The molecule has 2 aromatic heterocycles. The summed E-state index contributed by atoms with van der Waals surface area (Å²) < 4.78 is 1.64. The minimum absolute atomic E-state index is 0.0337. The van der Waals surface area contributed by atoms with Gasteiger partial charge in [0.05, 0.1) is 11.3 Å². The summed E-state index contributed by atoms with van der Waals surface area (Å²) in [6, 6.07) is 7.90. The Balaban J connectivity index is 1.46. The summed E-state index contributed by atoms with van der Waals surface area (Å²) >= 11 is 0. The molecule has 0 aromatic carbocycles. The molecule has 6 nitrogen and oxygen atoms in total. The van der Waals surface area contributed by atoms with E-state index in [-0.39, 0.29) is 11.0 Å². The van der Waals surface area contributed by atoms with E-state index >= 15 is 0 Å². The minimum atomic E-state index is -0.0787. The molecule has 30 heavy (non-hydrogen) atoms. The zero-order valence-corrected chi connectivity index (χ0v) is 18.3. The lowest BCUT2D eigenvalue weighted by atomic mass is 9.92. The van der Waals surface area contributed by atoms with Crippen LogP contribution in [0.25, 0.3) is 0 Å². The van der Waals surface area contributed by atoms with Crippen molar-refractivity contribution >= 4 is 5.82 Å². The SMILES string of the molecule is CC(C)(C)c1ccc(=O)n(CC2CCN(c3nc4c(cc3C#N)CCCC4)CC2)n1. The van der Waals surface area contributed by atoms with Crippen LogP contribution in [0.3, 0.4) is 0 Å². The number of aryl methyl sites for hydroxylation is 2. The lowest BCUT2D eigenvalue weighted by molar-refractivity contribution is 0.329. The number of aromatic nitrogens is 3. The Morgan fingerprint density at radius 2 is 1.90 bits per heavy atom. The fourth-order valence-electron chi connectivity index (χ4n) is 4.50. The van der Waals surface area contributed by atoms with Crippen LogP contribution in [-0.2, 0) is 24.8 Å². The van der Waals surface area contributed by atoms with E-state index in [2.05, 4.69) is 42.9 Å². The molecule has 0 amide bonds. The Morgan fingerprint density at radius 1 is 1.17 bits per heavy atom. The van der Waals surface area contributed by atoms with Gasteiger partial charge in [-0.15, -0.1) is 0 Å². The molecule has 0 N–H and O–H groups in total. The van der Waals surface area contributed by atoms with Crippen molar-refractivity contribution in [2.24, 2.45) is 5.92 Å². The van der Waals surface area contributed by atoms with Crippen molar-refractivity contribution in [1.29, 1.82) is 5.26 Å². The first-order valence-electron chi connectivity index (χ1n) is 11.1. The fraction of sp³-hybridized carbons (Fsp3) is 0.583. The molecular weight excluding hydrogens is 374 g/mol. The van der Waals surface area contributed by atoms with Crippen LogP contribution in [0.4, 0.5) is 5.82 Å². The minimum Gasteiger partial charge on any atom is -0.355 e. The number of nitriles is 1. The summed E-state index contributed by atoms with van der Waals surface area (Å²) in [5, 5.41) is 14.3. The molecule has 2 aromatic rings. The van der Waals surface area contributed by atoms with Crippen molar-refractivity contribution < 1.29 is 0 Å². The van der Waals surface area contributed by atoms with Gasteiger partial charge in [-0.05, 0) is 62.1 Å². The van der Waals surface area contributed by atoms with E-state index in [0.717, 1.165) is 50.3 Å². The van der Waals surface area contributed by atoms with Crippen molar-refractivity contribution in [1.82, 2.24) is 14.8 Å². The summed E-state index contributed by atoms with van der Waals surface area (Å²) in [5.41, 5.74) is 3.95. The van der Waals surface area contributed by atoms with Gasteiger partial charge in [-0.1, -0.05) is 20.8 Å². The molecule has 0 spiro atoms. The van der Waals surface area contributed by atoms with E-state index in [1.807, 2.05) is 6.07 Å². The molecule has 0 radical (unpaired) electrons. The Labute approximate surface area is 178 Å². The van der Waals surface area contributed by atoms with Crippen LogP contribution in [-0.4, -0.2) is 27.9 Å². The molecule has 6 heteroatoms. The predicted octanol–water partition coefficient (Wildman–Crippen LogP) is 3.60. The van der Waals surface area contributed by atoms with E-state index in [1.165, 1.54) is 24.1 Å². The van der Waals surface area contributed by atoms with Gasteiger partial charge in [0.2, 0.25) is 0 Å². The highest BCUT2D eigenvalue weighted by atomic mass is 16.1. The van der Waals surface area contributed by atoms with Gasteiger partial charge in [0, 0.05) is 36.8 Å². The van der Waals surface area contributed by atoms with Gasteiger partial charge >= 0.3 is 0 Å². The van der Waals surface area contributed by atoms with Gasteiger partial charge in [-0.2, -0.15) is 10.4 Å². The van der Waals surface area contributed by atoms with Crippen molar-refractivity contribution in [2.75, 3.05) is 18.0 Å². The van der Waals surface area contributed by atoms with E-state index < -0.39 is 0 Å². The third-order valence-corrected chi connectivity index (χ3v) is 6.38. The second-order valence-corrected chi connectivity index (χ2v) is 9.70. The number of fused-ring (bicyclic) bond motifs is 1. The van der Waals surface area contributed by atoms with Crippen LogP contribution in [0.15, 0.2) is 23.0 Å². The van der Waals surface area contributed by atoms with Gasteiger partial charge < -0.3 is 4.90 Å². The van der Waals surface area contributed by atoms with E-state index in [9.17, 15) is 10.1 Å². The molecular formula is C24H31N5O. The molecule has 0 bridgehead atoms.